The molecule has 0 atom stereocenters. The summed E-state index contributed by atoms with van der Waals surface area (Å²) in [6.07, 6.45) is 1.72. The van der Waals surface area contributed by atoms with E-state index in [9.17, 15) is 0 Å². The van der Waals surface area contributed by atoms with Crippen molar-refractivity contribution in [2.75, 3.05) is 5.73 Å². The Morgan fingerprint density at radius 1 is 1.20 bits per heavy atom. The van der Waals surface area contributed by atoms with E-state index in [0.29, 0.717) is 21.7 Å². The van der Waals surface area contributed by atoms with E-state index in [1.165, 1.54) is 11.3 Å². The van der Waals surface area contributed by atoms with E-state index in [0.717, 1.165) is 16.3 Å². The zero-order chi connectivity index (χ0) is 14.3. The summed E-state index contributed by atoms with van der Waals surface area (Å²) in [6, 6.07) is 5.64. The Hall–Kier alpha value is -1.92. The maximum absolute atomic E-state index is 6.02. The van der Waals surface area contributed by atoms with Gasteiger partial charge in [-0.2, -0.15) is 5.10 Å². The lowest BCUT2D eigenvalue weighted by atomic mass is 10.3. The molecule has 0 spiro atoms. The fourth-order valence-corrected chi connectivity index (χ4v) is 2.98. The quantitative estimate of drug-likeness (QED) is 0.789. The fourth-order valence-electron chi connectivity index (χ4n) is 1.93. The molecule has 0 aliphatic rings. The summed E-state index contributed by atoms with van der Waals surface area (Å²) in [4.78, 5) is 9.66. The van der Waals surface area contributed by atoms with Crippen LogP contribution in [0.4, 0.5) is 5.69 Å². The SMILES string of the molecule is Cc1cc(C)nc(-n2cc(N)c(-c3ccc(Cl)s3)n2)n1. The van der Waals surface area contributed by atoms with Gasteiger partial charge in [0.05, 0.1) is 21.1 Å². The van der Waals surface area contributed by atoms with Crippen LogP contribution in [0.2, 0.25) is 4.34 Å². The molecule has 0 bridgehead atoms. The minimum absolute atomic E-state index is 0.517. The zero-order valence-corrected chi connectivity index (χ0v) is 12.5. The fraction of sp³-hybridized carbons (Fsp3) is 0.154. The van der Waals surface area contributed by atoms with Crippen molar-refractivity contribution in [3.05, 3.63) is 40.1 Å². The highest BCUT2D eigenvalue weighted by atomic mass is 35.5. The Kier molecular flexibility index (Phi) is 3.19. The van der Waals surface area contributed by atoms with Crippen LogP contribution < -0.4 is 5.73 Å². The minimum Gasteiger partial charge on any atom is -0.396 e. The van der Waals surface area contributed by atoms with E-state index in [2.05, 4.69) is 15.1 Å². The van der Waals surface area contributed by atoms with Gasteiger partial charge >= 0.3 is 0 Å². The zero-order valence-electron chi connectivity index (χ0n) is 11.0. The van der Waals surface area contributed by atoms with E-state index in [1.807, 2.05) is 32.0 Å². The molecule has 3 aromatic rings. The first-order valence-electron chi connectivity index (χ1n) is 5.96. The molecule has 0 saturated carbocycles. The van der Waals surface area contributed by atoms with Gasteiger partial charge in [0.25, 0.3) is 5.95 Å². The predicted molar refractivity (Wildman–Crippen MR) is 81.4 cm³/mol. The lowest BCUT2D eigenvalue weighted by Crippen LogP contribution is -2.04. The molecule has 0 aliphatic heterocycles. The summed E-state index contributed by atoms with van der Waals surface area (Å²) >= 11 is 7.39. The molecular weight excluding hydrogens is 294 g/mol. The van der Waals surface area contributed by atoms with Gasteiger partial charge in [0.15, 0.2) is 0 Å². The van der Waals surface area contributed by atoms with E-state index < -0.39 is 0 Å². The van der Waals surface area contributed by atoms with Crippen molar-refractivity contribution in [3.63, 3.8) is 0 Å². The number of hydrogen-bond donors (Lipinski definition) is 1. The van der Waals surface area contributed by atoms with Gasteiger partial charge in [-0.15, -0.1) is 11.3 Å². The Bertz CT molecular complexity index is 757. The van der Waals surface area contributed by atoms with Crippen molar-refractivity contribution < 1.29 is 0 Å². The van der Waals surface area contributed by atoms with E-state index in [4.69, 9.17) is 17.3 Å². The standard InChI is InChI=1S/C13H12ClN5S/c1-7-5-8(2)17-13(16-7)19-6-9(15)12(18-19)10-3-4-11(14)20-10/h3-6H,15H2,1-2H3. The van der Waals surface area contributed by atoms with Crippen molar-refractivity contribution in [2.45, 2.75) is 13.8 Å². The number of aromatic nitrogens is 4. The minimum atomic E-state index is 0.517. The molecule has 5 nitrogen and oxygen atoms in total. The summed E-state index contributed by atoms with van der Waals surface area (Å²) in [5.74, 6) is 0.517. The van der Waals surface area contributed by atoms with Gasteiger partial charge < -0.3 is 5.73 Å². The first-order chi connectivity index (χ1) is 9.52. The van der Waals surface area contributed by atoms with Crippen molar-refractivity contribution >= 4 is 28.6 Å². The summed E-state index contributed by atoms with van der Waals surface area (Å²) in [7, 11) is 0. The molecule has 0 aliphatic carbocycles. The molecule has 3 rings (SSSR count). The Morgan fingerprint density at radius 3 is 2.50 bits per heavy atom. The Balaban J connectivity index is 2.08. The van der Waals surface area contributed by atoms with Crippen LogP contribution in [-0.2, 0) is 0 Å². The monoisotopic (exact) mass is 305 g/mol. The largest absolute Gasteiger partial charge is 0.396 e. The number of thiophene rings is 1. The lowest BCUT2D eigenvalue weighted by molar-refractivity contribution is 0.797. The van der Waals surface area contributed by atoms with Crippen LogP contribution in [0.1, 0.15) is 11.4 Å². The summed E-state index contributed by atoms with van der Waals surface area (Å²) in [6.45, 7) is 3.84. The van der Waals surface area contributed by atoms with Crippen molar-refractivity contribution in [1.82, 2.24) is 19.7 Å². The maximum atomic E-state index is 6.02. The normalized spacial score (nSPS) is 10.9. The molecule has 0 radical (unpaired) electrons. The summed E-state index contributed by atoms with van der Waals surface area (Å²) in [5.41, 5.74) is 9.08. The number of nitrogen functional groups attached to an aromatic ring is 1. The third kappa shape index (κ3) is 2.39. The second-order valence-electron chi connectivity index (χ2n) is 4.43. The van der Waals surface area contributed by atoms with Gasteiger partial charge in [-0.25, -0.2) is 14.6 Å². The third-order valence-electron chi connectivity index (χ3n) is 2.72. The van der Waals surface area contributed by atoms with Gasteiger partial charge in [-0.05, 0) is 32.0 Å². The highest BCUT2D eigenvalue weighted by Crippen LogP contribution is 2.33. The average Bonchev–Trinajstić information content (AvgIpc) is 2.94. The van der Waals surface area contributed by atoms with Crippen LogP contribution in [0.3, 0.4) is 0 Å². The van der Waals surface area contributed by atoms with Crippen molar-refractivity contribution in [1.29, 1.82) is 0 Å². The number of rotatable bonds is 2. The van der Waals surface area contributed by atoms with Crippen molar-refractivity contribution in [2.24, 2.45) is 0 Å². The first kappa shape index (κ1) is 13.1. The number of anilines is 1. The molecule has 0 aromatic carbocycles. The van der Waals surface area contributed by atoms with Crippen LogP contribution in [0, 0.1) is 13.8 Å². The molecule has 2 N–H and O–H groups in total. The van der Waals surface area contributed by atoms with Gasteiger partial charge in [0.1, 0.15) is 5.69 Å². The second-order valence-corrected chi connectivity index (χ2v) is 6.15. The number of halogens is 1. The van der Waals surface area contributed by atoms with Gasteiger partial charge in [-0.1, -0.05) is 11.6 Å². The van der Waals surface area contributed by atoms with Crippen LogP contribution in [0.25, 0.3) is 16.5 Å². The molecule has 0 amide bonds. The molecule has 7 heteroatoms. The molecule has 3 aromatic heterocycles. The number of aryl methyl sites for hydroxylation is 2. The molecule has 102 valence electrons. The van der Waals surface area contributed by atoms with Gasteiger partial charge in [0, 0.05) is 11.4 Å². The molecule has 0 unspecified atom stereocenters. The number of nitrogens with zero attached hydrogens (tertiary/aromatic N) is 4. The highest BCUT2D eigenvalue weighted by Gasteiger charge is 2.13. The topological polar surface area (TPSA) is 69.6 Å². The van der Waals surface area contributed by atoms with Crippen molar-refractivity contribution in [3.8, 4) is 16.5 Å². The van der Waals surface area contributed by atoms with E-state index in [1.54, 1.807) is 10.9 Å². The third-order valence-corrected chi connectivity index (χ3v) is 3.96. The van der Waals surface area contributed by atoms with E-state index >= 15 is 0 Å². The van der Waals surface area contributed by atoms with Gasteiger partial charge in [0.2, 0.25) is 0 Å². The Labute approximate surface area is 125 Å². The predicted octanol–water partition coefficient (Wildman–Crippen LogP) is 3.24. The Morgan fingerprint density at radius 2 is 1.90 bits per heavy atom. The molecular formula is C13H12ClN5S. The molecule has 0 saturated heterocycles. The van der Waals surface area contributed by atoms with Crippen LogP contribution in [0.5, 0.6) is 0 Å². The van der Waals surface area contributed by atoms with Crippen LogP contribution >= 0.6 is 22.9 Å². The molecule has 0 fully saturated rings. The molecule has 3 heterocycles. The summed E-state index contributed by atoms with van der Waals surface area (Å²) < 4.78 is 2.30. The number of nitrogens with two attached hydrogens (primary N) is 1. The number of hydrogen-bond acceptors (Lipinski definition) is 5. The van der Waals surface area contributed by atoms with Crippen LogP contribution in [-0.4, -0.2) is 19.7 Å². The highest BCUT2D eigenvalue weighted by molar-refractivity contribution is 7.19. The van der Waals surface area contributed by atoms with Crippen LogP contribution in [0.15, 0.2) is 24.4 Å². The molecule has 20 heavy (non-hydrogen) atoms. The second kappa shape index (κ2) is 4.88. The average molecular weight is 306 g/mol. The van der Waals surface area contributed by atoms with Gasteiger partial charge in [-0.3, -0.25) is 0 Å². The summed E-state index contributed by atoms with van der Waals surface area (Å²) in [5, 5.41) is 4.46. The maximum Gasteiger partial charge on any atom is 0.251 e. The smallest absolute Gasteiger partial charge is 0.251 e. The first-order valence-corrected chi connectivity index (χ1v) is 7.16. The van der Waals surface area contributed by atoms with E-state index in [-0.39, 0.29) is 0 Å². The lowest BCUT2D eigenvalue weighted by Gasteiger charge is -2.02.